The van der Waals surface area contributed by atoms with Crippen molar-refractivity contribution in [2.45, 2.75) is 32.9 Å². The molecule has 1 aromatic heterocycles. The molecule has 0 aliphatic carbocycles. The Kier molecular flexibility index (Phi) is 5.10. The third kappa shape index (κ3) is 3.82. The molecule has 0 amide bonds. The number of hydrogen-bond donors (Lipinski definition) is 0. The van der Waals surface area contributed by atoms with Gasteiger partial charge in [-0.15, -0.1) is 0 Å². The van der Waals surface area contributed by atoms with Crippen LogP contribution in [0.15, 0.2) is 54.7 Å². The highest BCUT2D eigenvalue weighted by molar-refractivity contribution is 5.63. The summed E-state index contributed by atoms with van der Waals surface area (Å²) in [6, 6.07) is 17.5. The van der Waals surface area contributed by atoms with Crippen LogP contribution in [0.5, 0.6) is 0 Å². The summed E-state index contributed by atoms with van der Waals surface area (Å²) in [7, 11) is 2.18. The quantitative estimate of drug-likeness (QED) is 0.676. The van der Waals surface area contributed by atoms with Crippen molar-refractivity contribution < 1.29 is 4.74 Å². The first-order valence-corrected chi connectivity index (χ1v) is 9.61. The summed E-state index contributed by atoms with van der Waals surface area (Å²) in [5.74, 6) is 0. The summed E-state index contributed by atoms with van der Waals surface area (Å²) in [6.45, 7) is 6.81. The van der Waals surface area contributed by atoms with Crippen LogP contribution in [0.25, 0.3) is 16.9 Å². The summed E-state index contributed by atoms with van der Waals surface area (Å²) < 4.78 is 7.61. The van der Waals surface area contributed by atoms with Crippen molar-refractivity contribution >= 4 is 0 Å². The summed E-state index contributed by atoms with van der Waals surface area (Å²) in [6.07, 6.45) is 3.29. The molecular weight excluding hydrogens is 334 g/mol. The number of aromatic nitrogens is 2. The van der Waals surface area contributed by atoms with E-state index in [1.807, 2.05) is 10.7 Å². The highest BCUT2D eigenvalue weighted by Crippen LogP contribution is 2.27. The van der Waals surface area contributed by atoms with Gasteiger partial charge in [0, 0.05) is 36.5 Å². The van der Waals surface area contributed by atoms with Gasteiger partial charge in [0.15, 0.2) is 0 Å². The molecule has 3 aromatic rings. The monoisotopic (exact) mass is 361 g/mol. The van der Waals surface area contributed by atoms with Crippen LogP contribution in [0.1, 0.15) is 23.1 Å². The maximum atomic E-state index is 5.57. The Morgan fingerprint density at radius 1 is 1.15 bits per heavy atom. The topological polar surface area (TPSA) is 30.3 Å². The van der Waals surface area contributed by atoms with E-state index in [0.29, 0.717) is 6.04 Å². The molecule has 2 aromatic carbocycles. The Labute approximate surface area is 161 Å². The molecule has 1 aliphatic rings. The van der Waals surface area contributed by atoms with Crippen LogP contribution in [-0.4, -0.2) is 41.0 Å². The van der Waals surface area contributed by atoms with Crippen molar-refractivity contribution in [3.05, 3.63) is 71.4 Å². The molecule has 2 heterocycles. The van der Waals surface area contributed by atoms with Gasteiger partial charge in [-0.25, -0.2) is 4.68 Å². The third-order valence-corrected chi connectivity index (χ3v) is 5.40. The van der Waals surface area contributed by atoms with Crippen LogP contribution in [0.3, 0.4) is 0 Å². The highest BCUT2D eigenvalue weighted by atomic mass is 16.5. The molecule has 1 atom stereocenters. The van der Waals surface area contributed by atoms with E-state index < -0.39 is 0 Å². The van der Waals surface area contributed by atoms with Crippen LogP contribution in [0, 0.1) is 13.8 Å². The van der Waals surface area contributed by atoms with Gasteiger partial charge in [-0.05, 0) is 44.5 Å². The van der Waals surface area contributed by atoms with Crippen LogP contribution < -0.4 is 0 Å². The number of rotatable bonds is 5. The van der Waals surface area contributed by atoms with Crippen LogP contribution in [0.2, 0.25) is 0 Å². The Bertz CT molecular complexity index is 911. The van der Waals surface area contributed by atoms with E-state index in [0.717, 1.165) is 43.1 Å². The molecule has 0 spiro atoms. The van der Waals surface area contributed by atoms with E-state index >= 15 is 0 Å². The zero-order valence-corrected chi connectivity index (χ0v) is 16.4. The van der Waals surface area contributed by atoms with Gasteiger partial charge in [0.1, 0.15) is 0 Å². The summed E-state index contributed by atoms with van der Waals surface area (Å²) in [4.78, 5) is 2.39. The lowest BCUT2D eigenvalue weighted by Gasteiger charge is -2.22. The first-order valence-electron chi connectivity index (χ1n) is 9.61. The predicted octanol–water partition coefficient (Wildman–Crippen LogP) is 4.38. The van der Waals surface area contributed by atoms with Crippen molar-refractivity contribution in [3.63, 3.8) is 0 Å². The maximum Gasteiger partial charge on any atom is 0.0972 e. The van der Waals surface area contributed by atoms with Gasteiger partial charge in [-0.1, -0.05) is 42.5 Å². The fraction of sp³-hybridized carbons (Fsp3) is 0.348. The standard InChI is InChI=1S/C23H27N3O/c1-17-9-10-18(2)22(13-17)26-15-20(14-25(3)21-11-12-27-16-21)23(24-26)19-7-5-4-6-8-19/h4-10,13,15,21H,11-12,14,16H2,1-3H3/t21-/m0/s1. The number of aryl methyl sites for hydroxylation is 2. The van der Waals surface area contributed by atoms with E-state index in [1.54, 1.807) is 0 Å². The molecule has 1 aliphatic heterocycles. The first kappa shape index (κ1) is 18.0. The number of benzene rings is 2. The average molecular weight is 361 g/mol. The smallest absolute Gasteiger partial charge is 0.0972 e. The largest absolute Gasteiger partial charge is 0.380 e. The van der Waals surface area contributed by atoms with Crippen LogP contribution in [-0.2, 0) is 11.3 Å². The second-order valence-corrected chi connectivity index (χ2v) is 7.54. The van der Waals surface area contributed by atoms with Gasteiger partial charge in [-0.2, -0.15) is 5.10 Å². The molecule has 4 heteroatoms. The van der Waals surface area contributed by atoms with Crippen LogP contribution in [0.4, 0.5) is 0 Å². The molecule has 4 nitrogen and oxygen atoms in total. The predicted molar refractivity (Wildman–Crippen MR) is 109 cm³/mol. The lowest BCUT2D eigenvalue weighted by molar-refractivity contribution is 0.156. The van der Waals surface area contributed by atoms with Crippen molar-refractivity contribution in [1.82, 2.24) is 14.7 Å². The van der Waals surface area contributed by atoms with E-state index in [1.165, 1.54) is 16.7 Å². The minimum Gasteiger partial charge on any atom is -0.380 e. The molecule has 27 heavy (non-hydrogen) atoms. The highest BCUT2D eigenvalue weighted by Gasteiger charge is 2.22. The number of likely N-dealkylation sites (N-methyl/N-ethyl adjacent to an activating group) is 1. The Morgan fingerprint density at radius 2 is 1.96 bits per heavy atom. The molecule has 0 N–H and O–H groups in total. The lowest BCUT2D eigenvalue weighted by Crippen LogP contribution is -2.31. The van der Waals surface area contributed by atoms with E-state index in [2.05, 4.69) is 74.5 Å². The van der Waals surface area contributed by atoms with Crippen molar-refractivity contribution in [2.24, 2.45) is 0 Å². The molecule has 1 fully saturated rings. The fourth-order valence-electron chi connectivity index (χ4n) is 3.72. The molecule has 0 saturated carbocycles. The van der Waals surface area contributed by atoms with Gasteiger partial charge in [-0.3, -0.25) is 4.90 Å². The second kappa shape index (κ2) is 7.67. The molecule has 1 saturated heterocycles. The zero-order chi connectivity index (χ0) is 18.8. The molecule has 4 rings (SSSR count). The zero-order valence-electron chi connectivity index (χ0n) is 16.4. The van der Waals surface area contributed by atoms with Gasteiger partial charge >= 0.3 is 0 Å². The van der Waals surface area contributed by atoms with Crippen molar-refractivity contribution in [2.75, 3.05) is 20.3 Å². The Balaban J connectivity index is 1.74. The summed E-state index contributed by atoms with van der Waals surface area (Å²) >= 11 is 0. The maximum absolute atomic E-state index is 5.57. The van der Waals surface area contributed by atoms with E-state index in [4.69, 9.17) is 9.84 Å². The van der Waals surface area contributed by atoms with E-state index in [9.17, 15) is 0 Å². The number of ether oxygens (including phenoxy) is 1. The van der Waals surface area contributed by atoms with Crippen LogP contribution >= 0.6 is 0 Å². The van der Waals surface area contributed by atoms with Gasteiger partial charge < -0.3 is 4.74 Å². The average Bonchev–Trinajstić information content (AvgIpc) is 3.34. The summed E-state index contributed by atoms with van der Waals surface area (Å²) in [5.41, 5.74) is 7.08. The fourth-order valence-corrected chi connectivity index (χ4v) is 3.72. The Hall–Kier alpha value is -2.43. The molecular formula is C23H27N3O. The Morgan fingerprint density at radius 3 is 2.70 bits per heavy atom. The van der Waals surface area contributed by atoms with Gasteiger partial charge in [0.2, 0.25) is 0 Å². The normalized spacial score (nSPS) is 17.0. The first-order chi connectivity index (χ1) is 13.1. The molecule has 0 radical (unpaired) electrons. The molecule has 0 unspecified atom stereocenters. The lowest BCUT2D eigenvalue weighted by atomic mass is 10.1. The van der Waals surface area contributed by atoms with Crippen molar-refractivity contribution in [3.8, 4) is 16.9 Å². The van der Waals surface area contributed by atoms with Crippen molar-refractivity contribution in [1.29, 1.82) is 0 Å². The number of hydrogen-bond acceptors (Lipinski definition) is 3. The third-order valence-electron chi connectivity index (χ3n) is 5.40. The minimum absolute atomic E-state index is 0.484. The molecule has 0 bridgehead atoms. The minimum atomic E-state index is 0.484. The van der Waals surface area contributed by atoms with E-state index in [-0.39, 0.29) is 0 Å². The van der Waals surface area contributed by atoms with Gasteiger partial charge in [0.25, 0.3) is 0 Å². The molecule has 140 valence electrons. The number of nitrogens with zero attached hydrogens (tertiary/aromatic N) is 3. The summed E-state index contributed by atoms with van der Waals surface area (Å²) in [5, 5.41) is 4.99. The SMILES string of the molecule is Cc1ccc(C)c(-n2cc(CN(C)[C@H]3CCOC3)c(-c3ccccc3)n2)c1. The second-order valence-electron chi connectivity index (χ2n) is 7.54. The van der Waals surface area contributed by atoms with Gasteiger partial charge in [0.05, 0.1) is 18.0 Å².